The number of nitrogens with one attached hydrogen (secondary N) is 3. The van der Waals surface area contributed by atoms with Gasteiger partial charge < -0.3 is 15.2 Å². The summed E-state index contributed by atoms with van der Waals surface area (Å²) >= 11 is 0. The highest BCUT2D eigenvalue weighted by Crippen LogP contribution is 2.40. The monoisotopic (exact) mass is 425 g/mol. The van der Waals surface area contributed by atoms with Gasteiger partial charge in [-0.1, -0.05) is 0 Å². The molecule has 0 amide bonds. The zero-order valence-corrected chi connectivity index (χ0v) is 16.1. The summed E-state index contributed by atoms with van der Waals surface area (Å²) in [6, 6.07) is 3.12. The van der Waals surface area contributed by atoms with Crippen LogP contribution in [-0.4, -0.2) is 50.0 Å². The lowest BCUT2D eigenvalue weighted by molar-refractivity contribution is -0.145. The molecule has 154 valence electrons. The van der Waals surface area contributed by atoms with Crippen molar-refractivity contribution in [3.05, 3.63) is 30.9 Å². The molecule has 1 fully saturated rings. The summed E-state index contributed by atoms with van der Waals surface area (Å²) in [6.07, 6.45) is -1.10. The summed E-state index contributed by atoms with van der Waals surface area (Å²) in [6.45, 7) is 0.274. The number of H-pyrrole nitrogens is 1. The number of hydrogen-bond donors (Lipinski definition) is 3. The van der Waals surface area contributed by atoms with E-state index in [0.29, 0.717) is 39.7 Å². The molecule has 1 aliphatic rings. The average Bonchev–Trinajstić information content (AvgIpc) is 3.37. The van der Waals surface area contributed by atoms with E-state index in [9.17, 15) is 17.4 Å². The Kier molecular flexibility index (Phi) is 5.13. The zero-order valence-electron chi connectivity index (χ0n) is 15.3. The average molecular weight is 425 g/mol. The summed E-state index contributed by atoms with van der Waals surface area (Å²) in [5, 5.41) is 3.08. The number of aromatic amines is 1. The van der Waals surface area contributed by atoms with Gasteiger partial charge in [0.05, 0.1) is 22.6 Å². The fourth-order valence-corrected chi connectivity index (χ4v) is 4.13. The highest BCUT2D eigenvalue weighted by Gasteiger charge is 2.46. The van der Waals surface area contributed by atoms with Gasteiger partial charge in [-0.25, -0.2) is 23.9 Å². The molecule has 2 unspecified atom stereocenters. The third kappa shape index (κ3) is 3.77. The number of fused-ring (bicyclic) bond motifs is 1. The lowest BCUT2D eigenvalue weighted by atomic mass is 10.2. The van der Waals surface area contributed by atoms with E-state index in [1.54, 1.807) is 18.2 Å². The molecule has 29 heavy (non-hydrogen) atoms. The van der Waals surface area contributed by atoms with Crippen LogP contribution in [0.2, 0.25) is 0 Å². The molecule has 0 spiro atoms. The lowest BCUT2D eigenvalue weighted by Gasteiger charge is -2.30. The van der Waals surface area contributed by atoms with E-state index < -0.39 is 23.2 Å². The number of alkyl halides is 3. The summed E-state index contributed by atoms with van der Waals surface area (Å²) in [7, 11) is 0.0403. The minimum atomic E-state index is -4.34. The van der Waals surface area contributed by atoms with Crippen LogP contribution in [0.3, 0.4) is 0 Å². The summed E-state index contributed by atoms with van der Waals surface area (Å²) in [5.41, 5.74) is 1.69. The summed E-state index contributed by atoms with van der Waals surface area (Å²) in [5.74, 6) is 0.365. The van der Waals surface area contributed by atoms with Crippen molar-refractivity contribution >= 4 is 39.3 Å². The van der Waals surface area contributed by atoms with Gasteiger partial charge in [-0.15, -0.1) is 0 Å². The molecule has 0 radical (unpaired) electrons. The lowest BCUT2D eigenvalue weighted by Crippen LogP contribution is -2.41. The first-order valence-corrected chi connectivity index (χ1v) is 10.0. The van der Waals surface area contributed by atoms with E-state index in [4.69, 9.17) is 0 Å². The molecule has 3 N–H and O–H groups in total. The zero-order chi connectivity index (χ0) is 20.6. The molecule has 2 aromatic heterocycles. The highest BCUT2D eigenvalue weighted by atomic mass is 32.2. The van der Waals surface area contributed by atoms with Crippen molar-refractivity contribution in [1.29, 1.82) is 0 Å². The third-order valence-corrected chi connectivity index (χ3v) is 5.84. The first-order chi connectivity index (χ1) is 13.9. The number of anilines is 3. The molecule has 0 aliphatic carbocycles. The van der Waals surface area contributed by atoms with Gasteiger partial charge in [-0.2, -0.15) is 13.2 Å². The molecule has 12 heteroatoms. The topological polar surface area (TPSA) is 98.8 Å². The molecule has 2 atom stereocenters. The number of nitrogens with zero attached hydrogens (tertiary/aromatic N) is 4. The number of aromatic nitrogens is 4. The van der Waals surface area contributed by atoms with Crippen molar-refractivity contribution in [2.75, 3.05) is 23.8 Å². The Morgan fingerprint density at radius 3 is 2.86 bits per heavy atom. The van der Waals surface area contributed by atoms with Crippen LogP contribution in [0.4, 0.5) is 30.4 Å². The summed E-state index contributed by atoms with van der Waals surface area (Å²) < 4.78 is 55.4. The van der Waals surface area contributed by atoms with Crippen molar-refractivity contribution in [3.63, 3.8) is 0 Å². The Bertz CT molecular complexity index is 1050. The Labute approximate surface area is 166 Å². The molecule has 3 heterocycles. The fraction of sp³-hybridized carbons (Fsp3) is 0.353. The second-order valence-corrected chi connectivity index (χ2v) is 7.91. The van der Waals surface area contributed by atoms with Crippen molar-refractivity contribution in [2.24, 2.45) is 0 Å². The smallest absolute Gasteiger partial charge is 0.358 e. The van der Waals surface area contributed by atoms with Crippen LogP contribution in [0.1, 0.15) is 12.8 Å². The van der Waals surface area contributed by atoms with Crippen molar-refractivity contribution in [2.45, 2.75) is 30.0 Å². The predicted molar refractivity (Wildman–Crippen MR) is 103 cm³/mol. The van der Waals surface area contributed by atoms with Crippen LogP contribution in [0.15, 0.2) is 35.7 Å². The van der Waals surface area contributed by atoms with E-state index in [2.05, 4.69) is 30.0 Å². The number of imidazole rings is 1. The predicted octanol–water partition coefficient (Wildman–Crippen LogP) is 2.87. The maximum absolute atomic E-state index is 13.5. The number of hydrogen-bond acceptors (Lipinski definition) is 6. The Morgan fingerprint density at radius 1 is 1.28 bits per heavy atom. The van der Waals surface area contributed by atoms with Crippen molar-refractivity contribution in [1.82, 2.24) is 24.7 Å². The van der Waals surface area contributed by atoms with E-state index in [1.807, 2.05) is 0 Å². The first kappa shape index (κ1) is 19.6. The first-order valence-electron chi connectivity index (χ1n) is 8.86. The molecule has 0 bridgehead atoms. The maximum Gasteiger partial charge on any atom is 0.408 e. The molecular formula is C17H18F3N7OS. The Morgan fingerprint density at radius 2 is 2.10 bits per heavy atom. The molecule has 1 saturated heterocycles. The Hall–Kier alpha value is -2.73. The normalized spacial score (nSPS) is 18.3. The van der Waals surface area contributed by atoms with Gasteiger partial charge in [0.2, 0.25) is 0 Å². The van der Waals surface area contributed by atoms with Gasteiger partial charge in [-0.05, 0) is 38.1 Å². The number of benzene rings is 1. The molecule has 3 aromatic rings. The van der Waals surface area contributed by atoms with Gasteiger partial charge in [0.15, 0.2) is 11.5 Å². The van der Waals surface area contributed by atoms with Gasteiger partial charge in [0.1, 0.15) is 28.9 Å². The SMILES string of the molecule is CNS(=O)c1ccc(N2CCCC2C(F)(F)F)c(Nc2ncnc3nc[nH]c23)c1. The summed E-state index contributed by atoms with van der Waals surface area (Å²) in [4.78, 5) is 16.9. The van der Waals surface area contributed by atoms with Crippen LogP contribution in [0, 0.1) is 0 Å². The van der Waals surface area contributed by atoms with Gasteiger partial charge in [0.25, 0.3) is 0 Å². The van der Waals surface area contributed by atoms with Gasteiger partial charge in [-0.3, -0.25) is 0 Å². The van der Waals surface area contributed by atoms with Crippen molar-refractivity contribution < 1.29 is 17.4 Å². The minimum absolute atomic E-state index is 0.0332. The van der Waals surface area contributed by atoms with E-state index in [-0.39, 0.29) is 13.0 Å². The second kappa shape index (κ2) is 7.59. The molecule has 1 aromatic carbocycles. The van der Waals surface area contributed by atoms with Crippen LogP contribution in [0.25, 0.3) is 11.2 Å². The molecule has 1 aliphatic heterocycles. The maximum atomic E-state index is 13.5. The Balaban J connectivity index is 1.79. The van der Waals surface area contributed by atoms with Gasteiger partial charge >= 0.3 is 6.18 Å². The molecular weight excluding hydrogens is 407 g/mol. The van der Waals surface area contributed by atoms with Crippen LogP contribution in [0.5, 0.6) is 0 Å². The number of rotatable bonds is 5. The minimum Gasteiger partial charge on any atom is -0.358 e. The van der Waals surface area contributed by atoms with E-state index >= 15 is 0 Å². The van der Waals surface area contributed by atoms with Gasteiger partial charge in [0, 0.05) is 6.54 Å². The molecule has 0 saturated carbocycles. The van der Waals surface area contributed by atoms with E-state index in [1.165, 1.54) is 24.6 Å². The molecule has 8 nitrogen and oxygen atoms in total. The standard InChI is InChI=1S/C17H18F3N7OS/c1-21-29(28)10-4-5-12(27-6-2-3-13(27)17(18,19)20)11(7-10)26-16-14-15(23-8-22-14)24-9-25-16/h4-5,7-9,13,21H,2-3,6H2,1H3,(H2,22,23,24,25,26). The molecule has 4 rings (SSSR count). The second-order valence-electron chi connectivity index (χ2n) is 6.49. The quantitative estimate of drug-likeness (QED) is 0.582. The third-order valence-electron chi connectivity index (χ3n) is 4.78. The fourth-order valence-electron chi connectivity index (χ4n) is 3.48. The van der Waals surface area contributed by atoms with E-state index in [0.717, 1.165) is 0 Å². The van der Waals surface area contributed by atoms with Crippen LogP contribution < -0.4 is 14.9 Å². The van der Waals surface area contributed by atoms with Crippen LogP contribution >= 0.6 is 0 Å². The number of halogens is 3. The largest absolute Gasteiger partial charge is 0.408 e. The van der Waals surface area contributed by atoms with Crippen LogP contribution in [-0.2, 0) is 11.0 Å². The van der Waals surface area contributed by atoms with Crippen molar-refractivity contribution in [3.8, 4) is 0 Å². The highest BCUT2D eigenvalue weighted by molar-refractivity contribution is 7.83.